The van der Waals surface area contributed by atoms with E-state index in [0.717, 1.165) is 58.4 Å². The lowest BCUT2D eigenvalue weighted by atomic mass is 10.1. The average molecular weight is 397 g/mol. The molecule has 3 aromatic rings. The van der Waals surface area contributed by atoms with Crippen LogP contribution in [0.15, 0.2) is 16.9 Å². The predicted molar refractivity (Wildman–Crippen MR) is 117 cm³/mol. The van der Waals surface area contributed by atoms with E-state index in [-0.39, 0.29) is 4.87 Å². The van der Waals surface area contributed by atoms with Crippen molar-refractivity contribution in [1.29, 1.82) is 0 Å². The largest absolute Gasteiger partial charge is 0.355 e. The topological polar surface area (TPSA) is 51.0 Å². The lowest BCUT2D eigenvalue weighted by molar-refractivity contribution is 0.700. The first-order chi connectivity index (χ1) is 13.4. The number of hydrogen-bond acceptors (Lipinski definition) is 5. The molecule has 1 aromatic carbocycles. The number of rotatable bonds is 6. The van der Waals surface area contributed by atoms with Crippen LogP contribution in [0.3, 0.4) is 0 Å². The molecular weight excluding hydrogens is 368 g/mol. The minimum absolute atomic E-state index is 0.00840. The summed E-state index contributed by atoms with van der Waals surface area (Å²) in [6, 6.07) is 4.26. The van der Waals surface area contributed by atoms with Crippen molar-refractivity contribution in [2.75, 3.05) is 18.0 Å². The Balaban J connectivity index is 1.95. The Bertz CT molecular complexity index is 1070. The molecule has 148 valence electrons. The van der Waals surface area contributed by atoms with Crippen LogP contribution in [0.25, 0.3) is 16.0 Å². The van der Waals surface area contributed by atoms with E-state index < -0.39 is 0 Å². The fraction of sp³-hybridized carbons (Fsp3) is 0.500. The normalized spacial score (nSPS) is 14.0. The van der Waals surface area contributed by atoms with Crippen molar-refractivity contribution in [2.24, 2.45) is 5.92 Å². The fourth-order valence-electron chi connectivity index (χ4n) is 4.10. The van der Waals surface area contributed by atoms with Crippen molar-refractivity contribution in [3.63, 3.8) is 0 Å². The summed E-state index contributed by atoms with van der Waals surface area (Å²) in [5.74, 6) is 2.41. The third-order valence-corrected chi connectivity index (χ3v) is 6.28. The van der Waals surface area contributed by atoms with Crippen molar-refractivity contribution in [3.8, 4) is 5.69 Å². The number of fused-ring (bicyclic) bond motifs is 1. The van der Waals surface area contributed by atoms with E-state index in [1.54, 1.807) is 4.57 Å². The Morgan fingerprint density at radius 3 is 2.43 bits per heavy atom. The first-order valence-corrected chi connectivity index (χ1v) is 10.9. The Hall–Kier alpha value is -2.21. The number of aromatic nitrogens is 3. The minimum atomic E-state index is 0.00840. The van der Waals surface area contributed by atoms with Gasteiger partial charge in [0.05, 0.1) is 5.69 Å². The van der Waals surface area contributed by atoms with Gasteiger partial charge in [0.25, 0.3) is 0 Å². The van der Waals surface area contributed by atoms with E-state index >= 15 is 0 Å². The zero-order valence-electron chi connectivity index (χ0n) is 17.4. The molecule has 0 bridgehead atoms. The van der Waals surface area contributed by atoms with Crippen LogP contribution in [-0.2, 0) is 0 Å². The van der Waals surface area contributed by atoms with Gasteiger partial charge in [-0.15, -0.1) is 0 Å². The monoisotopic (exact) mass is 396 g/mol. The van der Waals surface area contributed by atoms with Crippen LogP contribution in [0.4, 0.5) is 5.82 Å². The molecule has 2 aromatic heterocycles. The van der Waals surface area contributed by atoms with Gasteiger partial charge < -0.3 is 4.90 Å². The molecule has 0 saturated heterocycles. The molecule has 0 N–H and O–H groups in total. The van der Waals surface area contributed by atoms with Gasteiger partial charge in [0.1, 0.15) is 10.5 Å². The Kier molecular flexibility index (Phi) is 5.00. The summed E-state index contributed by atoms with van der Waals surface area (Å²) in [7, 11) is 0. The summed E-state index contributed by atoms with van der Waals surface area (Å²) in [4.78, 5) is 25.0. The van der Waals surface area contributed by atoms with E-state index in [0.29, 0.717) is 5.82 Å². The number of benzene rings is 1. The Morgan fingerprint density at radius 2 is 1.82 bits per heavy atom. The third kappa shape index (κ3) is 3.46. The summed E-state index contributed by atoms with van der Waals surface area (Å²) in [6.45, 7) is 12.3. The molecule has 1 fully saturated rings. The highest BCUT2D eigenvalue weighted by Gasteiger charge is 2.27. The molecule has 2 heterocycles. The average Bonchev–Trinajstić information content (AvgIpc) is 3.37. The molecule has 6 heteroatoms. The van der Waals surface area contributed by atoms with Crippen molar-refractivity contribution in [2.45, 2.75) is 53.9 Å². The highest BCUT2D eigenvalue weighted by molar-refractivity contribution is 7.17. The van der Waals surface area contributed by atoms with E-state index in [1.807, 2.05) is 6.92 Å². The summed E-state index contributed by atoms with van der Waals surface area (Å²) >= 11 is 1.27. The van der Waals surface area contributed by atoms with Gasteiger partial charge in [-0.1, -0.05) is 36.0 Å². The summed E-state index contributed by atoms with van der Waals surface area (Å²) in [6.07, 6.45) is 3.65. The maximum absolute atomic E-state index is 13.1. The van der Waals surface area contributed by atoms with E-state index in [9.17, 15) is 4.79 Å². The second kappa shape index (κ2) is 7.32. The fourth-order valence-corrected chi connectivity index (χ4v) is 5.04. The van der Waals surface area contributed by atoms with Crippen molar-refractivity contribution >= 4 is 27.5 Å². The molecule has 4 rings (SSSR count). The number of thiazole rings is 1. The molecule has 0 unspecified atom stereocenters. The second-order valence-electron chi connectivity index (χ2n) is 8.09. The summed E-state index contributed by atoms with van der Waals surface area (Å²) in [5.41, 5.74) is 5.09. The molecule has 0 spiro atoms. The molecule has 1 saturated carbocycles. The van der Waals surface area contributed by atoms with Gasteiger partial charge in [-0.2, -0.15) is 0 Å². The van der Waals surface area contributed by atoms with E-state index in [1.165, 1.54) is 29.7 Å². The number of anilines is 1. The number of hydrogen-bond donors (Lipinski definition) is 0. The van der Waals surface area contributed by atoms with Gasteiger partial charge in [0, 0.05) is 13.1 Å². The van der Waals surface area contributed by atoms with Gasteiger partial charge in [-0.05, 0) is 64.0 Å². The van der Waals surface area contributed by atoms with Gasteiger partial charge >= 0.3 is 4.87 Å². The van der Waals surface area contributed by atoms with Gasteiger partial charge in [-0.3, -0.25) is 9.36 Å². The van der Waals surface area contributed by atoms with E-state index in [2.05, 4.69) is 44.7 Å². The first kappa shape index (κ1) is 19.1. The highest BCUT2D eigenvalue weighted by Crippen LogP contribution is 2.35. The van der Waals surface area contributed by atoms with Crippen molar-refractivity contribution < 1.29 is 0 Å². The molecule has 5 nitrogen and oxygen atoms in total. The minimum Gasteiger partial charge on any atom is -0.355 e. The molecule has 0 radical (unpaired) electrons. The SMILES string of the molecule is CCCN(CC1CC1)c1nc(C)nc2c1sc(=O)n2-c1c(C)cc(C)cc1C. The van der Waals surface area contributed by atoms with Crippen LogP contribution in [0, 0.1) is 33.6 Å². The molecular formula is C22H28N4OS. The predicted octanol–water partition coefficient (Wildman–Crippen LogP) is 4.70. The number of nitrogens with zero attached hydrogens (tertiary/aromatic N) is 4. The maximum atomic E-state index is 13.1. The van der Waals surface area contributed by atoms with Crippen LogP contribution < -0.4 is 9.77 Å². The highest BCUT2D eigenvalue weighted by atomic mass is 32.1. The van der Waals surface area contributed by atoms with Gasteiger partial charge in [0.2, 0.25) is 0 Å². The summed E-state index contributed by atoms with van der Waals surface area (Å²) < 4.78 is 2.70. The number of aryl methyl sites for hydroxylation is 4. The third-order valence-electron chi connectivity index (χ3n) is 5.35. The molecule has 0 atom stereocenters. The van der Waals surface area contributed by atoms with Crippen LogP contribution in [-0.4, -0.2) is 27.6 Å². The molecule has 28 heavy (non-hydrogen) atoms. The van der Waals surface area contributed by atoms with Crippen molar-refractivity contribution in [3.05, 3.63) is 44.3 Å². The molecule has 1 aliphatic rings. The maximum Gasteiger partial charge on any atom is 0.314 e. The summed E-state index contributed by atoms with van der Waals surface area (Å²) in [5, 5.41) is 0. The molecule has 0 aliphatic heterocycles. The zero-order valence-corrected chi connectivity index (χ0v) is 18.2. The molecule has 1 aliphatic carbocycles. The van der Waals surface area contributed by atoms with Gasteiger partial charge in [-0.25, -0.2) is 9.97 Å². The van der Waals surface area contributed by atoms with Crippen molar-refractivity contribution in [1.82, 2.24) is 14.5 Å². The van der Waals surface area contributed by atoms with Crippen LogP contribution in [0.1, 0.15) is 48.7 Å². The van der Waals surface area contributed by atoms with Crippen LogP contribution >= 0.6 is 11.3 Å². The lowest BCUT2D eigenvalue weighted by Crippen LogP contribution is -2.28. The molecule has 0 amide bonds. The Labute approximate surface area is 170 Å². The Morgan fingerprint density at radius 1 is 1.14 bits per heavy atom. The first-order valence-electron chi connectivity index (χ1n) is 10.1. The van der Waals surface area contributed by atoms with Crippen LogP contribution in [0.5, 0.6) is 0 Å². The van der Waals surface area contributed by atoms with Crippen LogP contribution in [0.2, 0.25) is 0 Å². The second-order valence-corrected chi connectivity index (χ2v) is 9.05. The lowest BCUT2D eigenvalue weighted by Gasteiger charge is -2.23. The zero-order chi connectivity index (χ0) is 20.0. The quantitative estimate of drug-likeness (QED) is 0.606. The standard InChI is InChI=1S/C22H28N4OS/c1-6-9-25(12-17-7-8-17)20-19-21(24-16(5)23-20)26(22(27)28-19)18-14(3)10-13(2)11-15(18)4/h10-11,17H,6-9,12H2,1-5H3. The van der Waals surface area contributed by atoms with Gasteiger partial charge in [0.15, 0.2) is 11.5 Å². The van der Waals surface area contributed by atoms with E-state index in [4.69, 9.17) is 9.97 Å². The smallest absolute Gasteiger partial charge is 0.314 e.